The van der Waals surface area contributed by atoms with E-state index in [0.29, 0.717) is 0 Å². The Bertz CT molecular complexity index is 5830. The molecule has 0 saturated heterocycles. The van der Waals surface area contributed by atoms with Crippen molar-refractivity contribution in [3.8, 4) is 33.4 Å². The first-order valence-electron chi connectivity index (χ1n) is 29.8. The predicted octanol–water partition coefficient (Wildman–Crippen LogP) is 24.1. The van der Waals surface area contributed by atoms with Crippen LogP contribution < -0.4 is 9.80 Å². The molecule has 0 spiro atoms. The number of benzene rings is 14. The first kappa shape index (κ1) is 50.3. The summed E-state index contributed by atoms with van der Waals surface area (Å²) in [4.78, 5) is 17.1. The number of nitrogens with zero attached hydrogens (tertiary/aromatic N) is 4. The fraction of sp³-hybridized carbons (Fsp3) is 0. The monoisotopic (exact) mass is 1150 g/mol. The molecule has 88 heavy (non-hydrogen) atoms. The van der Waals surface area contributed by atoms with Crippen molar-refractivity contribution in [1.82, 2.24) is 9.97 Å². The molecule has 0 bridgehead atoms. The Morgan fingerprint density at radius 3 is 1.59 bits per heavy atom. The van der Waals surface area contributed by atoms with Crippen molar-refractivity contribution in [1.29, 1.82) is 0 Å². The lowest BCUT2D eigenvalue weighted by Gasteiger charge is -2.28. The molecule has 18 aromatic rings. The van der Waals surface area contributed by atoms with Crippen LogP contribution in [-0.2, 0) is 0 Å². The first-order valence-corrected chi connectivity index (χ1v) is 31.5. The van der Waals surface area contributed by atoms with Gasteiger partial charge in [0.1, 0.15) is 15.5 Å². The Labute approximate surface area is 515 Å². The van der Waals surface area contributed by atoms with Crippen molar-refractivity contribution < 1.29 is 0 Å². The summed E-state index contributed by atoms with van der Waals surface area (Å²) in [6.45, 7) is 0. The van der Waals surface area contributed by atoms with E-state index in [0.717, 1.165) is 66.2 Å². The minimum absolute atomic E-state index is 0.874. The topological polar surface area (TPSA) is 32.3 Å². The van der Waals surface area contributed by atoms with Crippen LogP contribution in [0.5, 0.6) is 0 Å². The summed E-state index contributed by atoms with van der Waals surface area (Å²) >= 11 is 3.50. The average molecular weight is 1160 g/mol. The number of aromatic nitrogens is 2. The van der Waals surface area contributed by atoms with E-state index in [1.54, 1.807) is 22.7 Å². The normalized spacial score (nSPS) is 11.9. The highest BCUT2D eigenvalue weighted by Gasteiger charge is 2.23. The smallest absolute Gasteiger partial charge is 0.139 e. The minimum Gasteiger partial charge on any atom is -0.310 e. The maximum atomic E-state index is 5.50. The highest BCUT2D eigenvalue weighted by atomic mass is 32.1. The molecule has 0 fully saturated rings. The van der Waals surface area contributed by atoms with Crippen LogP contribution in [0.3, 0.4) is 0 Å². The lowest BCUT2D eigenvalue weighted by Crippen LogP contribution is -2.12. The summed E-state index contributed by atoms with van der Waals surface area (Å²) in [7, 11) is 0. The van der Waals surface area contributed by atoms with Gasteiger partial charge in [-0.25, -0.2) is 9.97 Å². The van der Waals surface area contributed by atoms with E-state index in [1.165, 1.54) is 107 Å². The van der Waals surface area contributed by atoms with Crippen molar-refractivity contribution in [2.24, 2.45) is 0 Å². The molecule has 6 heteroatoms. The Balaban J connectivity index is 0.759. The molecule has 0 N–H and O–H groups in total. The highest BCUT2D eigenvalue weighted by molar-refractivity contribution is 7.25. The van der Waals surface area contributed by atoms with Crippen LogP contribution in [0.15, 0.2) is 303 Å². The molecule has 0 radical (unpaired) electrons. The summed E-state index contributed by atoms with van der Waals surface area (Å²) in [5.74, 6) is 0.874. The van der Waals surface area contributed by atoms with Crippen molar-refractivity contribution >= 4 is 162 Å². The quantitative estimate of drug-likeness (QED) is 0.135. The molecule has 0 unspecified atom stereocenters. The van der Waals surface area contributed by atoms with Gasteiger partial charge in [0.25, 0.3) is 0 Å². The van der Waals surface area contributed by atoms with E-state index in [1.807, 2.05) is 12.3 Å². The summed E-state index contributed by atoms with van der Waals surface area (Å²) in [5, 5.41) is 19.4. The molecule has 0 aliphatic carbocycles. The number of fused-ring (bicyclic) bond motifs is 16. The molecule has 0 amide bonds. The first-order chi connectivity index (χ1) is 43.6. The Morgan fingerprint density at radius 1 is 0.250 bits per heavy atom. The Hall–Kier alpha value is -11.0. The number of hydrogen-bond donors (Lipinski definition) is 0. The maximum absolute atomic E-state index is 5.50. The van der Waals surface area contributed by atoms with Gasteiger partial charge in [-0.1, -0.05) is 206 Å². The van der Waals surface area contributed by atoms with Gasteiger partial charge in [0.15, 0.2) is 0 Å². The molecule has 0 aliphatic rings. The van der Waals surface area contributed by atoms with Crippen LogP contribution in [0.2, 0.25) is 0 Å². The van der Waals surface area contributed by atoms with Gasteiger partial charge in [0, 0.05) is 65.0 Å². The molecule has 0 atom stereocenters. The number of thiophene rings is 2. The highest BCUT2D eigenvalue weighted by Crippen LogP contribution is 2.49. The summed E-state index contributed by atoms with van der Waals surface area (Å²) < 4.78 is 2.45. The second-order valence-electron chi connectivity index (χ2n) is 22.8. The largest absolute Gasteiger partial charge is 0.310 e. The van der Waals surface area contributed by atoms with Gasteiger partial charge in [-0.3, -0.25) is 4.90 Å². The van der Waals surface area contributed by atoms with Crippen LogP contribution in [0.1, 0.15) is 0 Å². The standard InChI is InChI=1S/C82H50N4S2/c1-2-14-51(15-3-1)52-31-36-61(37-32-52)85(63-40-42-68-70-25-13-45-83-81(70)88-77(68)50-63)75-48-59-17-5-7-21-65(59)80-72(75)41-35-55-27-29-58(47-73(55)80)57-19-12-18-56(46-57)53-33-38-62(39-34-53)86(78-44-43-71-67-23-10-11-26-76(67)87-82(71)84-78)74-49-60-30-28-54-16-4-6-20-64(54)79(60)69-24-9-8-22-66(69)74/h1-50H. The summed E-state index contributed by atoms with van der Waals surface area (Å²) in [6, 6.07) is 109. The van der Waals surface area contributed by atoms with E-state index in [9.17, 15) is 0 Å². The summed E-state index contributed by atoms with van der Waals surface area (Å²) in [5.41, 5.74) is 12.4. The third-order valence-corrected chi connectivity index (χ3v) is 20.0. The molecule has 0 saturated carbocycles. The van der Waals surface area contributed by atoms with Crippen LogP contribution in [0.25, 0.3) is 139 Å². The van der Waals surface area contributed by atoms with E-state index < -0.39 is 0 Å². The molecule has 14 aromatic carbocycles. The summed E-state index contributed by atoms with van der Waals surface area (Å²) in [6.07, 6.45) is 1.89. The van der Waals surface area contributed by atoms with Gasteiger partial charge < -0.3 is 4.90 Å². The predicted molar refractivity (Wildman–Crippen MR) is 379 cm³/mol. The number of rotatable bonds is 9. The van der Waals surface area contributed by atoms with E-state index in [2.05, 4.69) is 301 Å². The van der Waals surface area contributed by atoms with Gasteiger partial charge in [-0.15, -0.1) is 22.7 Å². The van der Waals surface area contributed by atoms with Crippen molar-refractivity contribution in [2.45, 2.75) is 0 Å². The van der Waals surface area contributed by atoms with Crippen LogP contribution in [-0.4, -0.2) is 9.97 Å². The van der Waals surface area contributed by atoms with Gasteiger partial charge in [-0.2, -0.15) is 0 Å². The fourth-order valence-electron chi connectivity index (χ4n) is 13.7. The minimum atomic E-state index is 0.874. The zero-order chi connectivity index (χ0) is 57.8. The molecule has 410 valence electrons. The van der Waals surface area contributed by atoms with E-state index >= 15 is 0 Å². The zero-order valence-electron chi connectivity index (χ0n) is 47.5. The molecule has 18 rings (SSSR count). The van der Waals surface area contributed by atoms with Gasteiger partial charge in [0.2, 0.25) is 0 Å². The molecule has 4 nitrogen and oxygen atoms in total. The third kappa shape index (κ3) is 8.25. The maximum Gasteiger partial charge on any atom is 0.139 e. The fourth-order valence-corrected chi connectivity index (χ4v) is 15.9. The van der Waals surface area contributed by atoms with Gasteiger partial charge in [-0.05, 0) is 178 Å². The molecular formula is C82H50N4S2. The number of hydrogen-bond acceptors (Lipinski definition) is 6. The Morgan fingerprint density at radius 2 is 0.761 bits per heavy atom. The van der Waals surface area contributed by atoms with Crippen molar-refractivity contribution in [2.75, 3.05) is 9.80 Å². The van der Waals surface area contributed by atoms with Crippen LogP contribution in [0.4, 0.5) is 34.3 Å². The SMILES string of the molecule is c1ccc(-c2ccc(N(c3ccc4c(c3)sc3ncccc34)c3cc4ccccc4c4c3ccc3ccc(-c5cccc(-c6ccc(N(c7ccc8c(n7)sc7ccccc78)c7cc8ccc9ccccc9c8c8ccccc78)cc6)c5)cc34)cc2)cc1. The van der Waals surface area contributed by atoms with Gasteiger partial charge >= 0.3 is 0 Å². The van der Waals surface area contributed by atoms with E-state index in [4.69, 9.17) is 9.97 Å². The second kappa shape index (κ2) is 20.3. The van der Waals surface area contributed by atoms with Gasteiger partial charge in [0.05, 0.1) is 11.4 Å². The average Bonchev–Trinajstić information content (AvgIpc) is 1.48. The lowest BCUT2D eigenvalue weighted by molar-refractivity contribution is 1.23. The molecule has 4 heterocycles. The van der Waals surface area contributed by atoms with Crippen molar-refractivity contribution in [3.63, 3.8) is 0 Å². The van der Waals surface area contributed by atoms with Crippen LogP contribution >= 0.6 is 22.7 Å². The third-order valence-electron chi connectivity index (χ3n) is 17.9. The lowest BCUT2D eigenvalue weighted by atomic mass is 9.91. The van der Waals surface area contributed by atoms with Crippen molar-refractivity contribution in [3.05, 3.63) is 303 Å². The van der Waals surface area contributed by atoms with E-state index in [-0.39, 0.29) is 0 Å². The zero-order valence-corrected chi connectivity index (χ0v) is 49.1. The Kier molecular flexibility index (Phi) is 11.6. The molecule has 0 aliphatic heterocycles. The molecule has 4 aromatic heterocycles. The second-order valence-corrected chi connectivity index (χ2v) is 24.9. The number of anilines is 6. The van der Waals surface area contributed by atoms with Crippen LogP contribution in [0, 0.1) is 0 Å². The molecular weight excluding hydrogens is 1110 g/mol. The number of pyridine rings is 2.